The molecule has 0 unspecified atom stereocenters. The molecule has 4 heteroatoms. The zero-order valence-corrected chi connectivity index (χ0v) is 11.8. The van der Waals surface area contributed by atoms with E-state index in [0.717, 1.165) is 5.56 Å². The maximum absolute atomic E-state index is 5.89. The van der Waals surface area contributed by atoms with Crippen LogP contribution in [0.2, 0.25) is 5.02 Å². The summed E-state index contributed by atoms with van der Waals surface area (Å²) in [6.45, 7) is 0. The normalized spacial score (nSPS) is 11.4. The Kier molecular flexibility index (Phi) is 4.03. The van der Waals surface area contributed by atoms with Crippen molar-refractivity contribution in [3.8, 4) is 5.75 Å². The van der Waals surface area contributed by atoms with Crippen molar-refractivity contribution in [1.82, 2.24) is 5.16 Å². The van der Waals surface area contributed by atoms with Crippen molar-refractivity contribution in [3.05, 3.63) is 83.2 Å². The van der Waals surface area contributed by atoms with E-state index in [2.05, 4.69) is 5.16 Å². The molecular formula is C17H12ClNO2. The van der Waals surface area contributed by atoms with Crippen molar-refractivity contribution in [2.24, 2.45) is 0 Å². The molecule has 0 aliphatic carbocycles. The third kappa shape index (κ3) is 3.52. The Hall–Kier alpha value is -2.52. The smallest absolute Gasteiger partial charge is 0.202 e. The molecule has 104 valence electrons. The van der Waals surface area contributed by atoms with E-state index in [0.29, 0.717) is 22.3 Å². The van der Waals surface area contributed by atoms with E-state index in [9.17, 15) is 0 Å². The Bertz CT molecular complexity index is 719. The number of aromatic nitrogens is 1. The Morgan fingerprint density at radius 2 is 1.76 bits per heavy atom. The Labute approximate surface area is 127 Å². The average molecular weight is 298 g/mol. The van der Waals surface area contributed by atoms with Crippen LogP contribution >= 0.6 is 11.6 Å². The fraction of sp³-hybridized carbons (Fsp3) is 0. The van der Waals surface area contributed by atoms with Crippen LogP contribution in [0.4, 0.5) is 0 Å². The molecule has 1 aromatic heterocycles. The average Bonchev–Trinajstić information content (AvgIpc) is 3.04. The van der Waals surface area contributed by atoms with Crippen LogP contribution in [0.1, 0.15) is 11.3 Å². The second kappa shape index (κ2) is 6.29. The van der Waals surface area contributed by atoms with Crippen LogP contribution in [0.25, 0.3) is 11.8 Å². The van der Waals surface area contributed by atoms with Gasteiger partial charge in [0.2, 0.25) is 5.76 Å². The number of benzene rings is 2. The first kappa shape index (κ1) is 13.5. The molecule has 0 bridgehead atoms. The summed E-state index contributed by atoms with van der Waals surface area (Å²) in [6.07, 6.45) is 3.48. The highest BCUT2D eigenvalue weighted by atomic mass is 35.5. The van der Waals surface area contributed by atoms with Crippen molar-refractivity contribution in [2.75, 3.05) is 0 Å². The molecule has 2 aromatic carbocycles. The number of nitrogens with zero attached hydrogens (tertiary/aromatic N) is 1. The van der Waals surface area contributed by atoms with Crippen LogP contribution in [-0.2, 0) is 0 Å². The fourth-order valence-electron chi connectivity index (χ4n) is 1.82. The Balaban J connectivity index is 1.93. The van der Waals surface area contributed by atoms with Crippen molar-refractivity contribution in [1.29, 1.82) is 0 Å². The van der Waals surface area contributed by atoms with E-state index >= 15 is 0 Å². The van der Waals surface area contributed by atoms with Gasteiger partial charge in [-0.05, 0) is 35.9 Å². The minimum atomic E-state index is 0.564. The van der Waals surface area contributed by atoms with E-state index in [1.165, 1.54) is 0 Å². The lowest BCUT2D eigenvalue weighted by Crippen LogP contribution is -1.93. The number of hydrogen-bond acceptors (Lipinski definition) is 3. The van der Waals surface area contributed by atoms with Crippen LogP contribution in [0.15, 0.2) is 71.4 Å². The summed E-state index contributed by atoms with van der Waals surface area (Å²) in [4.78, 5) is 0. The summed E-state index contributed by atoms with van der Waals surface area (Å²) in [5, 5.41) is 4.39. The monoisotopic (exact) mass is 297 g/mol. The Morgan fingerprint density at radius 1 is 1.00 bits per heavy atom. The molecule has 0 spiro atoms. The molecule has 3 aromatic rings. The van der Waals surface area contributed by atoms with Crippen LogP contribution in [0, 0.1) is 0 Å². The molecular weight excluding hydrogens is 286 g/mol. The minimum absolute atomic E-state index is 0.564. The van der Waals surface area contributed by atoms with E-state index in [1.807, 2.05) is 36.4 Å². The third-order valence-corrected chi connectivity index (χ3v) is 3.07. The van der Waals surface area contributed by atoms with E-state index in [4.69, 9.17) is 20.9 Å². The van der Waals surface area contributed by atoms with Gasteiger partial charge in [0.1, 0.15) is 5.75 Å². The molecule has 3 nitrogen and oxygen atoms in total. The van der Waals surface area contributed by atoms with Crippen molar-refractivity contribution < 1.29 is 9.26 Å². The summed E-state index contributed by atoms with van der Waals surface area (Å²) < 4.78 is 11.1. The number of rotatable bonds is 4. The maximum Gasteiger partial charge on any atom is 0.202 e. The van der Waals surface area contributed by atoms with Gasteiger partial charge in [0.15, 0.2) is 5.76 Å². The third-order valence-electron chi connectivity index (χ3n) is 2.82. The molecule has 3 rings (SSSR count). The van der Waals surface area contributed by atoms with Crippen LogP contribution in [0.3, 0.4) is 0 Å². The van der Waals surface area contributed by atoms with Gasteiger partial charge < -0.3 is 9.26 Å². The molecule has 1 heterocycles. The molecule has 0 saturated carbocycles. The number of ether oxygens (including phenoxy) is 1. The Morgan fingerprint density at radius 3 is 2.43 bits per heavy atom. The number of halogens is 1. The van der Waals surface area contributed by atoms with Crippen LogP contribution < -0.4 is 4.74 Å². The lowest BCUT2D eigenvalue weighted by Gasteiger charge is -2.07. The van der Waals surface area contributed by atoms with Crippen LogP contribution in [0.5, 0.6) is 5.75 Å². The molecule has 0 radical (unpaired) electrons. The predicted octanol–water partition coefficient (Wildman–Crippen LogP) is 4.91. The molecule has 0 aliphatic heterocycles. The molecule has 21 heavy (non-hydrogen) atoms. The summed E-state index contributed by atoms with van der Waals surface area (Å²) in [5.41, 5.74) is 1.01. The predicted molar refractivity (Wildman–Crippen MR) is 82.9 cm³/mol. The van der Waals surface area contributed by atoms with Gasteiger partial charge in [-0.25, -0.2) is 0 Å². The van der Waals surface area contributed by atoms with E-state index in [-0.39, 0.29) is 0 Å². The summed E-state index contributed by atoms with van der Waals surface area (Å²) in [6, 6.07) is 18.8. The minimum Gasteiger partial charge on any atom is -0.453 e. The van der Waals surface area contributed by atoms with E-state index in [1.54, 1.807) is 36.5 Å². The van der Waals surface area contributed by atoms with Gasteiger partial charge in [0.25, 0.3) is 0 Å². The highest BCUT2D eigenvalue weighted by molar-refractivity contribution is 6.30. The highest BCUT2D eigenvalue weighted by Gasteiger charge is 2.09. The standard InChI is InChI=1S/C17H12ClNO2/c18-14-6-8-15(9-7-14)20-17(16-10-11-19-21-16)12-13-4-2-1-3-5-13/h1-12H/b17-12+. The van der Waals surface area contributed by atoms with Gasteiger partial charge in [-0.1, -0.05) is 47.1 Å². The van der Waals surface area contributed by atoms with Gasteiger partial charge in [0.05, 0.1) is 6.20 Å². The van der Waals surface area contributed by atoms with Gasteiger partial charge in [0, 0.05) is 11.1 Å². The first-order valence-corrected chi connectivity index (χ1v) is 6.80. The van der Waals surface area contributed by atoms with Crippen molar-refractivity contribution >= 4 is 23.4 Å². The molecule has 0 fully saturated rings. The summed E-state index contributed by atoms with van der Waals surface area (Å²) >= 11 is 5.88. The molecule has 0 amide bonds. The molecule has 0 saturated heterocycles. The lowest BCUT2D eigenvalue weighted by molar-refractivity contribution is 0.386. The number of hydrogen-bond donors (Lipinski definition) is 0. The molecule has 0 aliphatic rings. The SMILES string of the molecule is Clc1ccc(O/C(=C/c2ccccc2)c2ccno2)cc1. The summed E-state index contributed by atoms with van der Waals surface area (Å²) in [5.74, 6) is 1.83. The topological polar surface area (TPSA) is 35.3 Å². The van der Waals surface area contributed by atoms with Gasteiger partial charge in [-0.15, -0.1) is 0 Å². The second-order valence-electron chi connectivity index (χ2n) is 4.35. The fourth-order valence-corrected chi connectivity index (χ4v) is 1.95. The highest BCUT2D eigenvalue weighted by Crippen LogP contribution is 2.24. The van der Waals surface area contributed by atoms with Gasteiger partial charge >= 0.3 is 0 Å². The van der Waals surface area contributed by atoms with Crippen molar-refractivity contribution in [3.63, 3.8) is 0 Å². The summed E-state index contributed by atoms with van der Waals surface area (Å²) in [7, 11) is 0. The lowest BCUT2D eigenvalue weighted by atomic mass is 10.2. The maximum atomic E-state index is 5.89. The second-order valence-corrected chi connectivity index (χ2v) is 4.79. The first-order chi connectivity index (χ1) is 10.3. The quantitative estimate of drug-likeness (QED) is 0.642. The molecule has 0 N–H and O–H groups in total. The van der Waals surface area contributed by atoms with E-state index < -0.39 is 0 Å². The van der Waals surface area contributed by atoms with Gasteiger partial charge in [-0.3, -0.25) is 0 Å². The largest absolute Gasteiger partial charge is 0.453 e. The zero-order valence-electron chi connectivity index (χ0n) is 11.1. The van der Waals surface area contributed by atoms with Crippen LogP contribution in [-0.4, -0.2) is 5.16 Å². The zero-order chi connectivity index (χ0) is 14.5. The molecule has 0 atom stereocenters. The van der Waals surface area contributed by atoms with Gasteiger partial charge in [-0.2, -0.15) is 0 Å². The first-order valence-electron chi connectivity index (χ1n) is 6.42. The van der Waals surface area contributed by atoms with Crippen molar-refractivity contribution in [2.45, 2.75) is 0 Å².